The zero-order valence-electron chi connectivity index (χ0n) is 5.34. The van der Waals surface area contributed by atoms with Gasteiger partial charge in [-0.15, -0.1) is 0 Å². The molecule has 1 rings (SSSR count). The number of nitrogens with two attached hydrogens (primary N) is 2. The molecule has 0 saturated heterocycles. The van der Waals surface area contributed by atoms with E-state index in [1.807, 2.05) is 0 Å². The van der Waals surface area contributed by atoms with Crippen molar-refractivity contribution < 1.29 is 4.79 Å². The highest BCUT2D eigenvalue weighted by Gasteiger charge is 2.21. The van der Waals surface area contributed by atoms with E-state index in [0.717, 1.165) is 6.42 Å². The Bertz CT molecular complexity index is 112. The van der Waals surface area contributed by atoms with Crippen LogP contribution < -0.4 is 11.5 Å². The highest BCUT2D eigenvalue weighted by Crippen LogP contribution is 2.11. The summed E-state index contributed by atoms with van der Waals surface area (Å²) in [4.78, 5) is 10.7. The van der Waals surface area contributed by atoms with Crippen LogP contribution in [0.15, 0.2) is 0 Å². The van der Waals surface area contributed by atoms with Gasteiger partial charge in [0.05, 0.1) is 0 Å². The molecule has 4 N–H and O–H groups in total. The maximum absolute atomic E-state index is 10.7. The summed E-state index contributed by atoms with van der Waals surface area (Å²) < 4.78 is 0. The summed E-state index contributed by atoms with van der Waals surface area (Å²) in [5.41, 5.74) is 11.0. The molecule has 0 aromatic carbocycles. The quantitative estimate of drug-likeness (QED) is 0.457. The first kappa shape index (κ1) is 6.71. The van der Waals surface area contributed by atoms with E-state index in [1.165, 1.54) is 0 Å². The first-order chi connectivity index (χ1) is 4.18. The van der Waals surface area contributed by atoms with Gasteiger partial charge in [-0.3, -0.25) is 4.79 Å². The number of ketones is 1. The second-order valence-electron chi connectivity index (χ2n) is 2.70. The normalized spacial score (nSPS) is 36.9. The summed E-state index contributed by atoms with van der Waals surface area (Å²) in [5.74, 6) is 0.209. The summed E-state index contributed by atoms with van der Waals surface area (Å²) in [7, 11) is 0. The smallest absolute Gasteiger partial charge is 0.135 e. The van der Waals surface area contributed by atoms with Crippen LogP contribution in [-0.2, 0) is 4.79 Å². The SMILES string of the molecule is N[C@@H]1CC(=O)C[C@H](N)C1. The Morgan fingerprint density at radius 1 is 1.22 bits per heavy atom. The van der Waals surface area contributed by atoms with E-state index in [9.17, 15) is 4.79 Å². The standard InChI is InChI=1S/C6H12N2O/c7-4-1-5(8)3-6(9)2-4/h4-5H,1-3,7-8H2/t4-,5+. The molecule has 0 amide bonds. The zero-order chi connectivity index (χ0) is 6.85. The van der Waals surface area contributed by atoms with Gasteiger partial charge >= 0.3 is 0 Å². The molecule has 0 unspecified atom stereocenters. The van der Waals surface area contributed by atoms with Crippen molar-refractivity contribution in [2.75, 3.05) is 0 Å². The van der Waals surface area contributed by atoms with E-state index in [2.05, 4.69) is 0 Å². The van der Waals surface area contributed by atoms with Crippen molar-refractivity contribution in [3.05, 3.63) is 0 Å². The minimum absolute atomic E-state index is 0.0150. The van der Waals surface area contributed by atoms with Crippen molar-refractivity contribution >= 4 is 5.78 Å². The average Bonchev–Trinajstić information content (AvgIpc) is 1.59. The number of hydrogen-bond acceptors (Lipinski definition) is 3. The Labute approximate surface area is 54.4 Å². The minimum Gasteiger partial charge on any atom is -0.327 e. The predicted octanol–water partition coefficient (Wildman–Crippen LogP) is -0.606. The van der Waals surface area contributed by atoms with Gasteiger partial charge in [0.25, 0.3) is 0 Å². The first-order valence-electron chi connectivity index (χ1n) is 3.21. The molecule has 1 saturated carbocycles. The van der Waals surface area contributed by atoms with E-state index < -0.39 is 0 Å². The number of carbonyl (C=O) groups excluding carboxylic acids is 1. The molecule has 0 aliphatic heterocycles. The highest BCUT2D eigenvalue weighted by atomic mass is 16.1. The van der Waals surface area contributed by atoms with Crippen molar-refractivity contribution in [1.82, 2.24) is 0 Å². The van der Waals surface area contributed by atoms with Gasteiger partial charge in [-0.2, -0.15) is 0 Å². The van der Waals surface area contributed by atoms with Gasteiger partial charge in [0.2, 0.25) is 0 Å². The molecule has 0 aromatic heterocycles. The third-order valence-corrected chi connectivity index (χ3v) is 1.59. The van der Waals surface area contributed by atoms with Crippen LogP contribution in [-0.4, -0.2) is 17.9 Å². The lowest BCUT2D eigenvalue weighted by Crippen LogP contribution is -2.39. The van der Waals surface area contributed by atoms with Crippen LogP contribution >= 0.6 is 0 Å². The van der Waals surface area contributed by atoms with E-state index in [4.69, 9.17) is 11.5 Å². The van der Waals surface area contributed by atoms with E-state index in [1.54, 1.807) is 0 Å². The molecule has 2 atom stereocenters. The van der Waals surface area contributed by atoms with Gasteiger partial charge in [-0.05, 0) is 6.42 Å². The van der Waals surface area contributed by atoms with Gasteiger partial charge in [-0.25, -0.2) is 0 Å². The van der Waals surface area contributed by atoms with Crippen molar-refractivity contribution in [3.63, 3.8) is 0 Å². The van der Waals surface area contributed by atoms with Crippen molar-refractivity contribution in [1.29, 1.82) is 0 Å². The monoisotopic (exact) mass is 128 g/mol. The van der Waals surface area contributed by atoms with E-state index >= 15 is 0 Å². The summed E-state index contributed by atoms with van der Waals surface area (Å²) in [6.45, 7) is 0. The number of rotatable bonds is 0. The van der Waals surface area contributed by atoms with E-state index in [-0.39, 0.29) is 17.9 Å². The third-order valence-electron chi connectivity index (χ3n) is 1.59. The largest absolute Gasteiger partial charge is 0.327 e. The lowest BCUT2D eigenvalue weighted by Gasteiger charge is -2.21. The molecule has 52 valence electrons. The Morgan fingerprint density at radius 2 is 1.67 bits per heavy atom. The molecule has 0 aromatic rings. The summed E-state index contributed by atoms with van der Waals surface area (Å²) in [6, 6.07) is 0.0301. The minimum atomic E-state index is 0.0150. The lowest BCUT2D eigenvalue weighted by atomic mass is 9.91. The number of carbonyl (C=O) groups is 1. The Morgan fingerprint density at radius 3 is 2.00 bits per heavy atom. The first-order valence-corrected chi connectivity index (χ1v) is 3.21. The zero-order valence-corrected chi connectivity index (χ0v) is 5.34. The van der Waals surface area contributed by atoms with Crippen LogP contribution in [0.2, 0.25) is 0 Å². The molecule has 1 aliphatic rings. The summed E-state index contributed by atoms with van der Waals surface area (Å²) in [6.07, 6.45) is 1.84. The molecular weight excluding hydrogens is 116 g/mol. The fourth-order valence-corrected chi connectivity index (χ4v) is 1.22. The Kier molecular flexibility index (Phi) is 1.83. The molecule has 3 heteroatoms. The van der Waals surface area contributed by atoms with Crippen molar-refractivity contribution in [2.24, 2.45) is 11.5 Å². The molecule has 0 spiro atoms. The van der Waals surface area contributed by atoms with Gasteiger partial charge in [0.1, 0.15) is 5.78 Å². The van der Waals surface area contributed by atoms with Gasteiger partial charge in [-0.1, -0.05) is 0 Å². The lowest BCUT2D eigenvalue weighted by molar-refractivity contribution is -0.120. The fraction of sp³-hybridized carbons (Fsp3) is 0.833. The van der Waals surface area contributed by atoms with Crippen molar-refractivity contribution in [2.45, 2.75) is 31.3 Å². The topological polar surface area (TPSA) is 69.1 Å². The molecule has 9 heavy (non-hydrogen) atoms. The average molecular weight is 128 g/mol. The van der Waals surface area contributed by atoms with E-state index in [0.29, 0.717) is 12.8 Å². The second kappa shape index (κ2) is 2.45. The summed E-state index contributed by atoms with van der Waals surface area (Å²) in [5, 5.41) is 0. The van der Waals surface area contributed by atoms with Gasteiger partial charge in [0, 0.05) is 24.9 Å². The molecule has 0 radical (unpaired) electrons. The van der Waals surface area contributed by atoms with Crippen LogP contribution in [0.25, 0.3) is 0 Å². The number of hydrogen-bond donors (Lipinski definition) is 2. The molecule has 1 fully saturated rings. The van der Waals surface area contributed by atoms with Crippen LogP contribution in [0.3, 0.4) is 0 Å². The molecule has 0 heterocycles. The number of Topliss-reactive ketones (excluding diaryl/α,β-unsaturated/α-hetero) is 1. The summed E-state index contributed by atoms with van der Waals surface area (Å²) >= 11 is 0. The molecule has 0 bridgehead atoms. The van der Waals surface area contributed by atoms with Gasteiger partial charge < -0.3 is 11.5 Å². The maximum Gasteiger partial charge on any atom is 0.135 e. The Hall–Kier alpha value is -0.410. The van der Waals surface area contributed by atoms with Crippen LogP contribution in [0, 0.1) is 0 Å². The van der Waals surface area contributed by atoms with Crippen LogP contribution in [0.1, 0.15) is 19.3 Å². The molecule has 1 aliphatic carbocycles. The van der Waals surface area contributed by atoms with Crippen LogP contribution in [0.5, 0.6) is 0 Å². The van der Waals surface area contributed by atoms with Gasteiger partial charge in [0.15, 0.2) is 0 Å². The maximum atomic E-state index is 10.7. The molecule has 3 nitrogen and oxygen atoms in total. The predicted molar refractivity (Wildman–Crippen MR) is 34.8 cm³/mol. The fourth-order valence-electron chi connectivity index (χ4n) is 1.22. The van der Waals surface area contributed by atoms with Crippen molar-refractivity contribution in [3.8, 4) is 0 Å². The second-order valence-corrected chi connectivity index (χ2v) is 2.70. The Balaban J connectivity index is 2.43. The third kappa shape index (κ3) is 1.77. The van der Waals surface area contributed by atoms with Crippen LogP contribution in [0.4, 0.5) is 0 Å². The molecular formula is C6H12N2O. The highest BCUT2D eigenvalue weighted by molar-refractivity contribution is 5.80.